The molecular weight excluding hydrogens is 234 g/mol. The van der Waals surface area contributed by atoms with Gasteiger partial charge in [0.1, 0.15) is 0 Å². The number of benzene rings is 1. The summed E-state index contributed by atoms with van der Waals surface area (Å²) >= 11 is 0. The van der Waals surface area contributed by atoms with Crippen LogP contribution in [0.3, 0.4) is 0 Å². The number of aryl methyl sites for hydroxylation is 1. The number of nitrogens with one attached hydrogen (secondary N) is 1. The number of unbranched alkanes of at least 4 members (excludes halogenated alkanes) is 4. The summed E-state index contributed by atoms with van der Waals surface area (Å²) in [6.07, 6.45) is 6.47. The highest BCUT2D eigenvalue weighted by atomic mass is 16.5. The predicted molar refractivity (Wildman–Crippen MR) is 82.6 cm³/mol. The number of rotatable bonds is 10. The second-order valence-corrected chi connectivity index (χ2v) is 5.19. The number of hydrogen-bond donors (Lipinski definition) is 1. The van der Waals surface area contributed by atoms with Crippen molar-refractivity contribution in [2.24, 2.45) is 0 Å². The van der Waals surface area contributed by atoms with Gasteiger partial charge in [-0.25, -0.2) is 0 Å². The van der Waals surface area contributed by atoms with Crippen molar-refractivity contribution in [3.05, 3.63) is 35.4 Å². The van der Waals surface area contributed by atoms with Crippen molar-refractivity contribution in [2.75, 3.05) is 20.3 Å². The summed E-state index contributed by atoms with van der Waals surface area (Å²) in [5.74, 6) is 0. The normalized spacial score (nSPS) is 12.6. The van der Waals surface area contributed by atoms with Gasteiger partial charge in [0, 0.05) is 6.61 Å². The molecule has 0 bridgehead atoms. The van der Waals surface area contributed by atoms with E-state index < -0.39 is 0 Å². The molecule has 0 saturated heterocycles. The fourth-order valence-electron chi connectivity index (χ4n) is 2.32. The quantitative estimate of drug-likeness (QED) is 0.637. The molecule has 0 aliphatic rings. The summed E-state index contributed by atoms with van der Waals surface area (Å²) in [4.78, 5) is 0. The zero-order chi connectivity index (χ0) is 13.9. The Labute approximate surface area is 118 Å². The SMILES string of the molecule is CCCCCCCOCC(NC)c1ccccc1C. The second kappa shape index (κ2) is 9.99. The van der Waals surface area contributed by atoms with Crippen molar-refractivity contribution in [3.63, 3.8) is 0 Å². The Morgan fingerprint density at radius 3 is 2.53 bits per heavy atom. The highest BCUT2D eigenvalue weighted by molar-refractivity contribution is 5.28. The topological polar surface area (TPSA) is 21.3 Å². The van der Waals surface area contributed by atoms with Gasteiger partial charge in [-0.2, -0.15) is 0 Å². The lowest BCUT2D eigenvalue weighted by Gasteiger charge is -2.19. The Balaban J connectivity index is 2.24. The van der Waals surface area contributed by atoms with E-state index in [1.165, 1.54) is 43.2 Å². The minimum Gasteiger partial charge on any atom is -0.379 e. The summed E-state index contributed by atoms with van der Waals surface area (Å²) in [7, 11) is 2.00. The highest BCUT2D eigenvalue weighted by Crippen LogP contribution is 2.17. The number of likely N-dealkylation sites (N-methyl/N-ethyl adjacent to an activating group) is 1. The van der Waals surface area contributed by atoms with Crippen LogP contribution in [-0.4, -0.2) is 20.3 Å². The molecule has 1 unspecified atom stereocenters. The van der Waals surface area contributed by atoms with E-state index in [0.29, 0.717) is 6.04 Å². The van der Waals surface area contributed by atoms with Crippen molar-refractivity contribution >= 4 is 0 Å². The van der Waals surface area contributed by atoms with E-state index in [0.717, 1.165) is 13.2 Å². The molecule has 0 saturated carbocycles. The van der Waals surface area contributed by atoms with Crippen LogP contribution in [0.1, 0.15) is 56.2 Å². The summed E-state index contributed by atoms with van der Waals surface area (Å²) in [5.41, 5.74) is 2.67. The molecule has 2 heteroatoms. The molecule has 0 aliphatic heterocycles. The van der Waals surface area contributed by atoms with Gasteiger partial charge in [0.15, 0.2) is 0 Å². The third kappa shape index (κ3) is 6.22. The maximum absolute atomic E-state index is 5.81. The monoisotopic (exact) mass is 263 g/mol. The van der Waals surface area contributed by atoms with E-state index in [4.69, 9.17) is 4.74 Å². The van der Waals surface area contributed by atoms with Crippen LogP contribution in [0.5, 0.6) is 0 Å². The van der Waals surface area contributed by atoms with Gasteiger partial charge < -0.3 is 10.1 Å². The van der Waals surface area contributed by atoms with E-state index in [-0.39, 0.29) is 0 Å². The van der Waals surface area contributed by atoms with E-state index in [2.05, 4.69) is 43.4 Å². The highest BCUT2D eigenvalue weighted by Gasteiger charge is 2.10. The Kier molecular flexibility index (Phi) is 8.52. The minimum absolute atomic E-state index is 0.303. The van der Waals surface area contributed by atoms with Crippen LogP contribution in [-0.2, 0) is 4.74 Å². The molecule has 2 nitrogen and oxygen atoms in total. The first-order valence-corrected chi connectivity index (χ1v) is 7.60. The Morgan fingerprint density at radius 1 is 1.11 bits per heavy atom. The van der Waals surface area contributed by atoms with Gasteiger partial charge in [-0.05, 0) is 31.5 Å². The Bertz CT molecular complexity index is 338. The summed E-state index contributed by atoms with van der Waals surface area (Å²) in [5, 5.41) is 3.35. The zero-order valence-electron chi connectivity index (χ0n) is 12.7. The van der Waals surface area contributed by atoms with E-state index in [9.17, 15) is 0 Å². The molecule has 1 aromatic carbocycles. The lowest BCUT2D eigenvalue weighted by molar-refractivity contribution is 0.109. The van der Waals surface area contributed by atoms with Gasteiger partial charge >= 0.3 is 0 Å². The maximum atomic E-state index is 5.81. The van der Waals surface area contributed by atoms with Gasteiger partial charge in [0.25, 0.3) is 0 Å². The van der Waals surface area contributed by atoms with Gasteiger partial charge in [0.05, 0.1) is 12.6 Å². The first-order chi connectivity index (χ1) is 9.29. The third-order valence-electron chi connectivity index (χ3n) is 3.59. The van der Waals surface area contributed by atoms with Crippen LogP contribution < -0.4 is 5.32 Å². The summed E-state index contributed by atoms with van der Waals surface area (Å²) in [6, 6.07) is 8.82. The molecule has 1 atom stereocenters. The largest absolute Gasteiger partial charge is 0.379 e. The minimum atomic E-state index is 0.303. The third-order valence-corrected chi connectivity index (χ3v) is 3.59. The lowest BCUT2D eigenvalue weighted by atomic mass is 10.0. The summed E-state index contributed by atoms with van der Waals surface area (Å²) in [6.45, 7) is 6.05. The smallest absolute Gasteiger partial charge is 0.0661 e. The summed E-state index contributed by atoms with van der Waals surface area (Å²) < 4.78 is 5.81. The van der Waals surface area contributed by atoms with Gasteiger partial charge in [-0.1, -0.05) is 56.9 Å². The van der Waals surface area contributed by atoms with Crippen molar-refractivity contribution in [3.8, 4) is 0 Å². The number of hydrogen-bond acceptors (Lipinski definition) is 2. The maximum Gasteiger partial charge on any atom is 0.0661 e. The first kappa shape index (κ1) is 16.2. The van der Waals surface area contributed by atoms with Gasteiger partial charge in [0.2, 0.25) is 0 Å². The van der Waals surface area contributed by atoms with E-state index in [1.807, 2.05) is 7.05 Å². The average molecular weight is 263 g/mol. The molecule has 1 aromatic rings. The van der Waals surface area contributed by atoms with Crippen LogP contribution in [0.15, 0.2) is 24.3 Å². The van der Waals surface area contributed by atoms with E-state index in [1.54, 1.807) is 0 Å². The molecule has 19 heavy (non-hydrogen) atoms. The molecule has 0 spiro atoms. The standard InChI is InChI=1S/C17H29NO/c1-4-5-6-7-10-13-19-14-17(18-3)16-12-9-8-11-15(16)2/h8-9,11-12,17-18H,4-7,10,13-14H2,1-3H3. The van der Waals surface area contributed by atoms with Crippen molar-refractivity contribution in [1.29, 1.82) is 0 Å². The molecular formula is C17H29NO. The molecule has 0 aromatic heterocycles. The van der Waals surface area contributed by atoms with Gasteiger partial charge in [-0.3, -0.25) is 0 Å². The van der Waals surface area contributed by atoms with Crippen molar-refractivity contribution in [1.82, 2.24) is 5.32 Å². The number of ether oxygens (including phenoxy) is 1. The Morgan fingerprint density at radius 2 is 1.84 bits per heavy atom. The fraction of sp³-hybridized carbons (Fsp3) is 0.647. The van der Waals surface area contributed by atoms with Crippen molar-refractivity contribution < 1.29 is 4.74 Å². The fourth-order valence-corrected chi connectivity index (χ4v) is 2.32. The lowest BCUT2D eigenvalue weighted by Crippen LogP contribution is -2.22. The Hall–Kier alpha value is -0.860. The van der Waals surface area contributed by atoms with Crippen LogP contribution in [0.4, 0.5) is 0 Å². The molecule has 0 heterocycles. The predicted octanol–water partition coefficient (Wildman–Crippen LogP) is 4.24. The molecule has 1 N–H and O–H groups in total. The van der Waals surface area contributed by atoms with E-state index >= 15 is 0 Å². The molecule has 108 valence electrons. The van der Waals surface area contributed by atoms with Crippen LogP contribution in [0, 0.1) is 6.92 Å². The molecule has 0 amide bonds. The molecule has 1 rings (SSSR count). The van der Waals surface area contributed by atoms with Crippen molar-refractivity contribution in [2.45, 2.75) is 52.0 Å². The first-order valence-electron chi connectivity index (χ1n) is 7.60. The average Bonchev–Trinajstić information content (AvgIpc) is 2.43. The van der Waals surface area contributed by atoms with Gasteiger partial charge in [-0.15, -0.1) is 0 Å². The van der Waals surface area contributed by atoms with Crippen LogP contribution >= 0.6 is 0 Å². The van der Waals surface area contributed by atoms with Crippen LogP contribution in [0.25, 0.3) is 0 Å². The molecule has 0 radical (unpaired) electrons. The molecule has 0 aliphatic carbocycles. The second-order valence-electron chi connectivity index (χ2n) is 5.19. The van der Waals surface area contributed by atoms with Crippen LogP contribution in [0.2, 0.25) is 0 Å². The molecule has 0 fully saturated rings. The zero-order valence-corrected chi connectivity index (χ0v) is 12.7.